The van der Waals surface area contributed by atoms with Crippen LogP contribution in [0.4, 0.5) is 0 Å². The van der Waals surface area contributed by atoms with Crippen molar-refractivity contribution in [1.82, 2.24) is 25.1 Å². The summed E-state index contributed by atoms with van der Waals surface area (Å²) in [5, 5.41) is 9.42. The third kappa shape index (κ3) is 5.12. The van der Waals surface area contributed by atoms with Crippen LogP contribution in [-0.2, 0) is 12.0 Å². The van der Waals surface area contributed by atoms with E-state index in [0.717, 1.165) is 29.1 Å². The minimum Gasteiger partial charge on any atom is -0.481 e. The van der Waals surface area contributed by atoms with Crippen molar-refractivity contribution in [3.63, 3.8) is 0 Å². The van der Waals surface area contributed by atoms with Gasteiger partial charge in [0.05, 0.1) is 24.4 Å². The fraction of sp³-hybridized carbons (Fsp3) is 0.370. The van der Waals surface area contributed by atoms with Gasteiger partial charge in [-0.15, -0.1) is 21.5 Å². The first-order valence-electron chi connectivity index (χ1n) is 12.2. The first kappa shape index (κ1) is 25.0. The lowest BCUT2D eigenvalue weighted by molar-refractivity contribution is 0.0728. The van der Waals surface area contributed by atoms with Gasteiger partial charge in [-0.2, -0.15) is 0 Å². The summed E-state index contributed by atoms with van der Waals surface area (Å²) in [6, 6.07) is 13.2. The summed E-state index contributed by atoms with van der Waals surface area (Å²) < 4.78 is 11.4. The molecule has 0 radical (unpaired) electrons. The van der Waals surface area contributed by atoms with Crippen LogP contribution < -0.4 is 10.5 Å². The van der Waals surface area contributed by atoms with E-state index in [4.69, 9.17) is 19.9 Å². The predicted molar refractivity (Wildman–Crippen MR) is 140 cm³/mol. The van der Waals surface area contributed by atoms with E-state index in [0.29, 0.717) is 24.4 Å². The van der Waals surface area contributed by atoms with E-state index in [1.165, 1.54) is 12.0 Å². The fourth-order valence-electron chi connectivity index (χ4n) is 4.56. The number of nitrogens with zero attached hydrogens (tertiary/aromatic N) is 5. The van der Waals surface area contributed by atoms with E-state index in [2.05, 4.69) is 22.1 Å². The molecule has 10 heteroatoms. The molecule has 0 spiro atoms. The fourth-order valence-corrected chi connectivity index (χ4v) is 5.63. The van der Waals surface area contributed by atoms with Gasteiger partial charge in [-0.25, -0.2) is 9.97 Å². The van der Waals surface area contributed by atoms with Gasteiger partial charge in [0, 0.05) is 23.1 Å². The molecule has 9 nitrogen and oxygen atoms in total. The first-order chi connectivity index (χ1) is 17.7. The molecule has 192 valence electrons. The number of methoxy groups -OCH3 is 1. The molecule has 37 heavy (non-hydrogen) atoms. The smallest absolute Gasteiger partial charge is 0.273 e. The summed E-state index contributed by atoms with van der Waals surface area (Å²) in [4.78, 5) is 25.8. The lowest BCUT2D eigenvalue weighted by Crippen LogP contribution is -2.35. The molecule has 1 unspecified atom stereocenters. The average molecular weight is 519 g/mol. The second-order valence-electron chi connectivity index (χ2n) is 9.63. The number of ether oxygens (including phenoxy) is 1. The number of likely N-dealkylation sites (tertiary alicyclic amines) is 1. The minimum atomic E-state index is -0.866. The van der Waals surface area contributed by atoms with Crippen molar-refractivity contribution in [1.29, 1.82) is 0 Å². The minimum absolute atomic E-state index is 0.0627. The molecule has 2 atom stereocenters. The zero-order valence-corrected chi connectivity index (χ0v) is 22.2. The van der Waals surface area contributed by atoms with Gasteiger partial charge in [0.25, 0.3) is 5.91 Å². The highest BCUT2D eigenvalue weighted by Gasteiger charge is 2.34. The first-order valence-corrected chi connectivity index (χ1v) is 13.0. The summed E-state index contributed by atoms with van der Waals surface area (Å²) in [7, 11) is 1.51. The van der Waals surface area contributed by atoms with Crippen molar-refractivity contribution in [3.05, 3.63) is 75.2 Å². The molecule has 1 amide bonds. The molecule has 0 saturated carbocycles. The Morgan fingerprint density at radius 3 is 2.70 bits per heavy atom. The summed E-state index contributed by atoms with van der Waals surface area (Å²) >= 11 is 1.65. The van der Waals surface area contributed by atoms with Gasteiger partial charge in [0.15, 0.2) is 0 Å². The Morgan fingerprint density at radius 1 is 1.22 bits per heavy atom. The summed E-state index contributed by atoms with van der Waals surface area (Å²) in [6.07, 6.45) is 2.32. The normalized spacial score (nSPS) is 17.1. The molecule has 1 saturated heterocycles. The number of aryl methyl sites for hydroxylation is 2. The van der Waals surface area contributed by atoms with Crippen molar-refractivity contribution < 1.29 is 13.9 Å². The van der Waals surface area contributed by atoms with Crippen LogP contribution in [0.2, 0.25) is 0 Å². The van der Waals surface area contributed by atoms with Crippen LogP contribution in [0.15, 0.2) is 46.9 Å². The van der Waals surface area contributed by atoms with Crippen LogP contribution in [0, 0.1) is 13.8 Å². The van der Waals surface area contributed by atoms with Gasteiger partial charge >= 0.3 is 0 Å². The summed E-state index contributed by atoms with van der Waals surface area (Å²) in [5.41, 5.74) is 8.57. The molecular formula is C27H30N6O3S. The molecule has 4 aromatic rings. The SMILES string of the molecule is COc1cc(-c2nnc([C@](C)(N)Cc3ccccc3)o2)cc(C(=O)N2CCCC2c2nc(C)c(C)s2)n1. The predicted octanol–water partition coefficient (Wildman–Crippen LogP) is 4.61. The van der Waals surface area contributed by atoms with Crippen molar-refractivity contribution >= 4 is 17.2 Å². The number of rotatable bonds is 7. The topological polar surface area (TPSA) is 120 Å². The molecule has 3 aromatic heterocycles. The Bertz CT molecular complexity index is 1400. The van der Waals surface area contributed by atoms with Crippen LogP contribution in [0.25, 0.3) is 11.5 Å². The maximum Gasteiger partial charge on any atom is 0.273 e. The molecule has 4 heterocycles. The molecule has 0 aliphatic carbocycles. The van der Waals surface area contributed by atoms with Gasteiger partial charge in [-0.3, -0.25) is 4.79 Å². The lowest BCUT2D eigenvalue weighted by atomic mass is 9.94. The Labute approximate surface area is 219 Å². The maximum atomic E-state index is 13.6. The Kier molecular flexibility index (Phi) is 6.78. The highest BCUT2D eigenvalue weighted by Crippen LogP contribution is 2.36. The highest BCUT2D eigenvalue weighted by atomic mass is 32.1. The van der Waals surface area contributed by atoms with Crippen LogP contribution >= 0.6 is 11.3 Å². The third-order valence-electron chi connectivity index (χ3n) is 6.65. The number of thiazole rings is 1. The number of pyridine rings is 1. The van der Waals surface area contributed by atoms with E-state index in [9.17, 15) is 4.79 Å². The molecular weight excluding hydrogens is 488 g/mol. The molecule has 0 bridgehead atoms. The van der Waals surface area contributed by atoms with E-state index in [1.807, 2.05) is 49.1 Å². The van der Waals surface area contributed by atoms with Crippen molar-refractivity contribution in [3.8, 4) is 17.3 Å². The number of benzene rings is 1. The van der Waals surface area contributed by atoms with Crippen LogP contribution in [0.1, 0.15) is 63.3 Å². The van der Waals surface area contributed by atoms with Crippen LogP contribution in [0.5, 0.6) is 5.88 Å². The lowest BCUT2D eigenvalue weighted by Gasteiger charge is -2.23. The second kappa shape index (κ2) is 10.0. The number of hydrogen-bond donors (Lipinski definition) is 1. The molecule has 1 aromatic carbocycles. The quantitative estimate of drug-likeness (QED) is 0.377. The van der Waals surface area contributed by atoms with Gasteiger partial charge in [0.1, 0.15) is 10.7 Å². The average Bonchev–Trinajstić information content (AvgIpc) is 3.64. The number of carbonyl (C=O) groups is 1. The van der Waals surface area contributed by atoms with Crippen molar-refractivity contribution in [2.24, 2.45) is 5.73 Å². The van der Waals surface area contributed by atoms with Crippen molar-refractivity contribution in [2.45, 2.75) is 51.6 Å². The largest absolute Gasteiger partial charge is 0.481 e. The van der Waals surface area contributed by atoms with Gasteiger partial charge in [0.2, 0.25) is 17.7 Å². The van der Waals surface area contributed by atoms with E-state index in [1.54, 1.807) is 23.5 Å². The summed E-state index contributed by atoms with van der Waals surface area (Å²) in [5.74, 6) is 0.667. The van der Waals surface area contributed by atoms with Gasteiger partial charge < -0.3 is 19.8 Å². The van der Waals surface area contributed by atoms with E-state index < -0.39 is 5.54 Å². The maximum absolute atomic E-state index is 13.6. The van der Waals surface area contributed by atoms with Crippen LogP contribution in [-0.4, -0.2) is 44.6 Å². The Balaban J connectivity index is 1.43. The van der Waals surface area contributed by atoms with E-state index in [-0.39, 0.29) is 29.4 Å². The number of amides is 1. The number of aromatic nitrogens is 4. The van der Waals surface area contributed by atoms with Gasteiger partial charge in [-0.1, -0.05) is 30.3 Å². The summed E-state index contributed by atoms with van der Waals surface area (Å²) in [6.45, 7) is 6.55. The van der Waals surface area contributed by atoms with Crippen molar-refractivity contribution in [2.75, 3.05) is 13.7 Å². The Morgan fingerprint density at radius 2 is 2.00 bits per heavy atom. The number of hydrogen-bond acceptors (Lipinski definition) is 9. The highest BCUT2D eigenvalue weighted by molar-refractivity contribution is 7.11. The Hall–Kier alpha value is -3.63. The van der Waals surface area contributed by atoms with E-state index >= 15 is 0 Å². The third-order valence-corrected chi connectivity index (χ3v) is 7.82. The zero-order chi connectivity index (χ0) is 26.2. The zero-order valence-electron chi connectivity index (χ0n) is 21.4. The second-order valence-corrected chi connectivity index (χ2v) is 10.9. The number of nitrogens with two attached hydrogens (primary N) is 1. The molecule has 1 aliphatic heterocycles. The monoisotopic (exact) mass is 518 g/mol. The molecule has 1 fully saturated rings. The standard InChI is InChI=1S/C27H30N6O3S/c1-16-17(2)37-24(29-16)21-11-8-12-33(21)25(34)20-13-19(14-22(30-20)35-4)23-31-32-26(36-23)27(3,28)15-18-9-6-5-7-10-18/h5-7,9-10,13-14,21H,8,11-12,15,28H2,1-4H3/t21?,27-/m1/s1. The van der Waals surface area contributed by atoms with Crippen LogP contribution in [0.3, 0.4) is 0 Å². The molecule has 5 rings (SSSR count). The molecule has 1 aliphatic rings. The number of carbonyl (C=O) groups excluding carboxylic acids is 1. The van der Waals surface area contributed by atoms with Gasteiger partial charge in [-0.05, 0) is 51.7 Å². The molecule has 2 N–H and O–H groups in total.